The lowest BCUT2D eigenvalue weighted by Gasteiger charge is -2.24. The van der Waals surface area contributed by atoms with Gasteiger partial charge in [-0.05, 0) is 55.7 Å². The lowest BCUT2D eigenvalue weighted by molar-refractivity contribution is -0.116. The van der Waals surface area contributed by atoms with Gasteiger partial charge in [-0.3, -0.25) is 9.10 Å². The zero-order chi connectivity index (χ0) is 19.3. The number of benzene rings is 2. The Hall–Kier alpha value is -2.05. The summed E-state index contributed by atoms with van der Waals surface area (Å²) in [6, 6.07) is 12.5. The predicted octanol–water partition coefficient (Wildman–Crippen LogP) is 4.14. The molecule has 0 radical (unpaired) electrons. The molecule has 0 saturated heterocycles. The molecule has 0 bridgehead atoms. The van der Waals surface area contributed by atoms with Gasteiger partial charge < -0.3 is 5.32 Å². The molecule has 0 saturated carbocycles. The van der Waals surface area contributed by atoms with Crippen LogP contribution < -0.4 is 9.62 Å². The average molecular weight is 395 g/mol. The molecule has 2 aromatic carbocycles. The van der Waals surface area contributed by atoms with E-state index in [1.807, 2.05) is 26.0 Å². The maximum absolute atomic E-state index is 12.2. The van der Waals surface area contributed by atoms with Crippen molar-refractivity contribution in [1.82, 2.24) is 0 Å². The summed E-state index contributed by atoms with van der Waals surface area (Å²) in [5, 5.41) is 3.31. The molecule has 5 nitrogen and oxygen atoms in total. The Morgan fingerprint density at radius 2 is 1.85 bits per heavy atom. The number of nitrogens with one attached hydrogen (secondary N) is 1. The summed E-state index contributed by atoms with van der Waals surface area (Å²) in [4.78, 5) is 12.1. The minimum absolute atomic E-state index is 0.179. The van der Waals surface area contributed by atoms with E-state index in [-0.39, 0.29) is 18.9 Å². The number of carbonyl (C=O) groups excluding carboxylic acids is 1. The van der Waals surface area contributed by atoms with Crippen molar-refractivity contribution in [2.24, 2.45) is 0 Å². The van der Waals surface area contributed by atoms with E-state index in [1.165, 1.54) is 10.6 Å². The zero-order valence-electron chi connectivity index (χ0n) is 15.1. The van der Waals surface area contributed by atoms with Gasteiger partial charge in [0.25, 0.3) is 0 Å². The van der Waals surface area contributed by atoms with Gasteiger partial charge in [0.05, 0.1) is 11.9 Å². The van der Waals surface area contributed by atoms with Gasteiger partial charge in [-0.1, -0.05) is 29.8 Å². The van der Waals surface area contributed by atoms with Crippen molar-refractivity contribution in [3.05, 3.63) is 58.6 Å². The molecule has 0 fully saturated rings. The van der Waals surface area contributed by atoms with Crippen LogP contribution in [0.25, 0.3) is 0 Å². The van der Waals surface area contributed by atoms with Crippen LogP contribution in [-0.4, -0.2) is 27.1 Å². The third-order valence-corrected chi connectivity index (χ3v) is 5.53. The van der Waals surface area contributed by atoms with Gasteiger partial charge >= 0.3 is 0 Å². The van der Waals surface area contributed by atoms with Crippen molar-refractivity contribution in [2.45, 2.75) is 26.7 Å². The molecule has 2 rings (SSSR count). The van der Waals surface area contributed by atoms with Crippen LogP contribution in [-0.2, 0) is 14.8 Å². The molecule has 26 heavy (non-hydrogen) atoms. The monoisotopic (exact) mass is 394 g/mol. The summed E-state index contributed by atoms with van der Waals surface area (Å²) in [6.45, 7) is 4.08. The molecule has 1 N–H and O–H groups in total. The third kappa shape index (κ3) is 5.47. The van der Waals surface area contributed by atoms with Crippen molar-refractivity contribution in [2.75, 3.05) is 22.4 Å². The third-order valence-electron chi connectivity index (χ3n) is 4.12. The first-order valence-corrected chi connectivity index (χ1v) is 10.5. The van der Waals surface area contributed by atoms with Crippen LogP contribution in [0.2, 0.25) is 5.02 Å². The van der Waals surface area contributed by atoms with Crippen molar-refractivity contribution in [3.8, 4) is 0 Å². The standard InChI is InChI=1S/C19H23ClN2O3S/c1-14-7-4-10-18(15(14)2)22(26(3,24)25)12-6-11-19(23)21-17-9-5-8-16(20)13-17/h4-5,7-10,13H,6,11-12H2,1-3H3,(H,21,23). The summed E-state index contributed by atoms with van der Waals surface area (Å²) < 4.78 is 25.8. The highest BCUT2D eigenvalue weighted by Crippen LogP contribution is 2.25. The van der Waals surface area contributed by atoms with E-state index < -0.39 is 10.0 Å². The number of hydrogen-bond acceptors (Lipinski definition) is 3. The predicted molar refractivity (Wildman–Crippen MR) is 107 cm³/mol. The van der Waals surface area contributed by atoms with Crippen LogP contribution in [0.5, 0.6) is 0 Å². The number of amides is 1. The van der Waals surface area contributed by atoms with Crippen molar-refractivity contribution >= 4 is 38.9 Å². The second kappa shape index (κ2) is 8.56. The molecular formula is C19H23ClN2O3S. The largest absolute Gasteiger partial charge is 0.326 e. The fraction of sp³-hybridized carbons (Fsp3) is 0.316. The van der Waals surface area contributed by atoms with E-state index in [1.54, 1.807) is 30.3 Å². The summed E-state index contributed by atoms with van der Waals surface area (Å²) in [5.41, 5.74) is 3.22. The van der Waals surface area contributed by atoms with Gasteiger partial charge in [0, 0.05) is 23.7 Å². The Kier molecular flexibility index (Phi) is 6.67. The van der Waals surface area contributed by atoms with Gasteiger partial charge in [0.1, 0.15) is 0 Å². The first-order valence-electron chi connectivity index (χ1n) is 8.28. The summed E-state index contributed by atoms with van der Waals surface area (Å²) in [5.74, 6) is -0.179. The van der Waals surface area contributed by atoms with Gasteiger partial charge in [0.2, 0.25) is 15.9 Å². The normalized spacial score (nSPS) is 11.2. The molecule has 140 valence electrons. The Balaban J connectivity index is 2.02. The molecule has 2 aromatic rings. The maximum Gasteiger partial charge on any atom is 0.232 e. The lowest BCUT2D eigenvalue weighted by atomic mass is 10.1. The molecule has 0 aliphatic rings. The number of sulfonamides is 1. The Labute approximate surface area is 160 Å². The number of carbonyl (C=O) groups is 1. The number of halogens is 1. The van der Waals surface area contributed by atoms with Crippen LogP contribution in [0.1, 0.15) is 24.0 Å². The summed E-state index contributed by atoms with van der Waals surface area (Å²) in [7, 11) is -3.44. The number of aryl methyl sites for hydroxylation is 1. The quantitative estimate of drug-likeness (QED) is 0.767. The topological polar surface area (TPSA) is 66.5 Å². The first-order chi connectivity index (χ1) is 12.2. The second-order valence-electron chi connectivity index (χ2n) is 6.22. The zero-order valence-corrected chi connectivity index (χ0v) is 16.7. The van der Waals surface area contributed by atoms with Crippen LogP contribution in [0.3, 0.4) is 0 Å². The number of nitrogens with zero attached hydrogens (tertiary/aromatic N) is 1. The molecule has 0 aliphatic carbocycles. The second-order valence-corrected chi connectivity index (χ2v) is 8.56. The molecule has 1 amide bonds. The molecule has 0 aromatic heterocycles. The minimum atomic E-state index is -3.44. The molecule has 0 heterocycles. The molecule has 0 aliphatic heterocycles. The average Bonchev–Trinajstić information content (AvgIpc) is 2.53. The van der Waals surface area contributed by atoms with E-state index >= 15 is 0 Å². The molecule has 0 spiro atoms. The lowest BCUT2D eigenvalue weighted by Crippen LogP contribution is -2.32. The van der Waals surface area contributed by atoms with E-state index in [4.69, 9.17) is 11.6 Å². The van der Waals surface area contributed by atoms with Gasteiger partial charge in [-0.2, -0.15) is 0 Å². The van der Waals surface area contributed by atoms with Crippen molar-refractivity contribution in [3.63, 3.8) is 0 Å². The van der Waals surface area contributed by atoms with E-state index in [2.05, 4.69) is 5.32 Å². The number of hydrogen-bond donors (Lipinski definition) is 1. The van der Waals surface area contributed by atoms with Crippen LogP contribution in [0.4, 0.5) is 11.4 Å². The maximum atomic E-state index is 12.2. The Morgan fingerprint density at radius 3 is 2.50 bits per heavy atom. The van der Waals surface area contributed by atoms with Gasteiger partial charge in [-0.15, -0.1) is 0 Å². The summed E-state index contributed by atoms with van der Waals surface area (Å²) in [6.07, 6.45) is 1.80. The number of anilines is 2. The van der Waals surface area contributed by atoms with E-state index in [9.17, 15) is 13.2 Å². The smallest absolute Gasteiger partial charge is 0.232 e. The Bertz CT molecular complexity index is 897. The molecule has 0 atom stereocenters. The highest BCUT2D eigenvalue weighted by atomic mass is 35.5. The summed E-state index contributed by atoms with van der Waals surface area (Å²) >= 11 is 5.90. The van der Waals surface area contributed by atoms with Crippen LogP contribution >= 0.6 is 11.6 Å². The highest BCUT2D eigenvalue weighted by Gasteiger charge is 2.19. The molecule has 0 unspecified atom stereocenters. The van der Waals surface area contributed by atoms with Crippen molar-refractivity contribution in [1.29, 1.82) is 0 Å². The highest BCUT2D eigenvalue weighted by molar-refractivity contribution is 7.92. The SMILES string of the molecule is Cc1cccc(N(CCCC(=O)Nc2cccc(Cl)c2)S(C)(=O)=O)c1C. The van der Waals surface area contributed by atoms with Crippen LogP contribution in [0, 0.1) is 13.8 Å². The van der Waals surface area contributed by atoms with Gasteiger partial charge in [-0.25, -0.2) is 8.42 Å². The Morgan fingerprint density at radius 1 is 1.15 bits per heavy atom. The van der Waals surface area contributed by atoms with Gasteiger partial charge in [0.15, 0.2) is 0 Å². The molecular weight excluding hydrogens is 372 g/mol. The molecule has 7 heteroatoms. The number of rotatable bonds is 7. The fourth-order valence-electron chi connectivity index (χ4n) is 2.64. The first kappa shape index (κ1) is 20.3. The van der Waals surface area contributed by atoms with Crippen LogP contribution in [0.15, 0.2) is 42.5 Å². The fourth-order valence-corrected chi connectivity index (χ4v) is 3.85. The van der Waals surface area contributed by atoms with Crippen molar-refractivity contribution < 1.29 is 13.2 Å². The van der Waals surface area contributed by atoms with E-state index in [0.29, 0.717) is 22.8 Å². The van der Waals surface area contributed by atoms with E-state index in [0.717, 1.165) is 11.1 Å². The minimum Gasteiger partial charge on any atom is -0.326 e.